The van der Waals surface area contributed by atoms with Crippen LogP contribution in [0.3, 0.4) is 0 Å². The van der Waals surface area contributed by atoms with Crippen molar-refractivity contribution >= 4 is 34.5 Å². The van der Waals surface area contributed by atoms with Crippen molar-refractivity contribution in [3.05, 3.63) is 46.2 Å². The van der Waals surface area contributed by atoms with Gasteiger partial charge in [-0.3, -0.25) is 9.59 Å². The smallest absolute Gasteiger partial charge is 0.264 e. The Balaban J connectivity index is 1.49. The summed E-state index contributed by atoms with van der Waals surface area (Å²) in [4.78, 5) is 29.1. The Morgan fingerprint density at radius 1 is 1.07 bits per heavy atom. The van der Waals surface area contributed by atoms with Crippen LogP contribution in [0.4, 0.5) is 20.2 Å². The fraction of sp³-hybridized carbons (Fsp3) is 0.400. The van der Waals surface area contributed by atoms with Crippen molar-refractivity contribution in [2.75, 3.05) is 29.9 Å². The van der Waals surface area contributed by atoms with Crippen LogP contribution in [0.1, 0.15) is 35.4 Å². The van der Waals surface area contributed by atoms with E-state index in [0.717, 1.165) is 25.0 Å². The fourth-order valence-corrected chi connectivity index (χ4v) is 4.61. The number of amides is 2. The lowest BCUT2D eigenvalue weighted by Gasteiger charge is -2.24. The number of nitrogens with one attached hydrogen (secondary N) is 1. The van der Waals surface area contributed by atoms with Crippen LogP contribution >= 0.6 is 11.3 Å². The lowest BCUT2D eigenvalue weighted by atomic mass is 10.2. The first-order chi connectivity index (χ1) is 13.5. The molecule has 0 unspecified atom stereocenters. The molecule has 0 radical (unpaired) electrons. The van der Waals surface area contributed by atoms with Crippen molar-refractivity contribution in [3.8, 4) is 0 Å². The van der Waals surface area contributed by atoms with E-state index in [-0.39, 0.29) is 17.3 Å². The molecular weight excluding hydrogens is 384 g/mol. The summed E-state index contributed by atoms with van der Waals surface area (Å²) >= 11 is 1.33. The molecule has 2 saturated heterocycles. The molecular formula is C20H21F2N3O2S. The van der Waals surface area contributed by atoms with Gasteiger partial charge in [0.25, 0.3) is 5.91 Å². The molecule has 148 valence electrons. The lowest BCUT2D eigenvalue weighted by Crippen LogP contribution is -2.43. The van der Waals surface area contributed by atoms with Crippen molar-refractivity contribution in [1.29, 1.82) is 0 Å². The van der Waals surface area contributed by atoms with Gasteiger partial charge < -0.3 is 15.1 Å². The van der Waals surface area contributed by atoms with Gasteiger partial charge in [0.15, 0.2) is 11.6 Å². The van der Waals surface area contributed by atoms with Gasteiger partial charge in [-0.25, -0.2) is 8.78 Å². The van der Waals surface area contributed by atoms with Crippen molar-refractivity contribution in [2.24, 2.45) is 0 Å². The molecule has 5 nitrogen and oxygen atoms in total. The van der Waals surface area contributed by atoms with Crippen molar-refractivity contribution in [3.63, 3.8) is 0 Å². The second-order valence-electron chi connectivity index (χ2n) is 7.11. The summed E-state index contributed by atoms with van der Waals surface area (Å²) in [7, 11) is 0. The van der Waals surface area contributed by atoms with Crippen LogP contribution in [0, 0.1) is 11.6 Å². The normalized spacial score (nSPS) is 19.3. The summed E-state index contributed by atoms with van der Waals surface area (Å²) in [6.07, 6.45) is 3.06. The first-order valence-corrected chi connectivity index (χ1v) is 10.3. The van der Waals surface area contributed by atoms with E-state index in [1.165, 1.54) is 16.2 Å². The molecule has 2 aliphatic heterocycles. The third kappa shape index (κ3) is 3.61. The van der Waals surface area contributed by atoms with Crippen LogP contribution in [-0.2, 0) is 4.79 Å². The van der Waals surface area contributed by atoms with Crippen LogP contribution in [0.2, 0.25) is 0 Å². The number of hydrogen-bond donors (Lipinski definition) is 1. The van der Waals surface area contributed by atoms with E-state index in [1.54, 1.807) is 17.0 Å². The molecule has 2 aliphatic rings. The predicted octanol–water partition coefficient (Wildman–Crippen LogP) is 3.87. The van der Waals surface area contributed by atoms with Crippen LogP contribution in [0.25, 0.3) is 0 Å². The van der Waals surface area contributed by atoms with Gasteiger partial charge in [-0.1, -0.05) is 6.07 Å². The molecule has 0 spiro atoms. The lowest BCUT2D eigenvalue weighted by molar-refractivity contribution is -0.119. The number of halogens is 2. The van der Waals surface area contributed by atoms with E-state index >= 15 is 0 Å². The van der Waals surface area contributed by atoms with E-state index in [0.29, 0.717) is 37.4 Å². The topological polar surface area (TPSA) is 52.7 Å². The van der Waals surface area contributed by atoms with Gasteiger partial charge in [0.1, 0.15) is 11.7 Å². The SMILES string of the molecule is O=C(Nc1cc(F)c(N2CCCC2)c(F)c1)[C@@H]1CCCN1C(=O)c1cccs1. The average molecular weight is 405 g/mol. The van der Waals surface area contributed by atoms with Gasteiger partial charge in [0, 0.05) is 25.3 Å². The van der Waals surface area contributed by atoms with E-state index in [4.69, 9.17) is 0 Å². The zero-order valence-corrected chi connectivity index (χ0v) is 16.1. The molecule has 8 heteroatoms. The number of likely N-dealkylation sites (tertiary alicyclic amines) is 1. The zero-order chi connectivity index (χ0) is 19.7. The Morgan fingerprint density at radius 3 is 2.43 bits per heavy atom. The molecule has 1 aromatic carbocycles. The Hall–Kier alpha value is -2.48. The number of carbonyl (C=O) groups is 2. The first-order valence-electron chi connectivity index (χ1n) is 9.44. The highest BCUT2D eigenvalue weighted by molar-refractivity contribution is 7.12. The fourth-order valence-electron chi connectivity index (χ4n) is 3.93. The highest BCUT2D eigenvalue weighted by atomic mass is 32.1. The van der Waals surface area contributed by atoms with E-state index in [2.05, 4.69) is 5.32 Å². The minimum atomic E-state index is -0.685. The molecule has 0 aliphatic carbocycles. The second-order valence-corrected chi connectivity index (χ2v) is 8.05. The Kier molecular flexibility index (Phi) is 5.30. The second kappa shape index (κ2) is 7.87. The van der Waals surface area contributed by atoms with Gasteiger partial charge in [-0.05, 0) is 49.3 Å². The number of nitrogens with zero attached hydrogens (tertiary/aromatic N) is 2. The molecule has 28 heavy (non-hydrogen) atoms. The summed E-state index contributed by atoms with van der Waals surface area (Å²) in [5, 5.41) is 4.40. The number of anilines is 2. The number of carbonyl (C=O) groups excluding carboxylic acids is 2. The maximum Gasteiger partial charge on any atom is 0.264 e. The summed E-state index contributed by atoms with van der Waals surface area (Å²) in [6.45, 7) is 1.74. The first kappa shape index (κ1) is 18.9. The van der Waals surface area contributed by atoms with Crippen LogP contribution in [0.15, 0.2) is 29.6 Å². The number of thiophene rings is 1. The summed E-state index contributed by atoms with van der Waals surface area (Å²) < 4.78 is 29.0. The predicted molar refractivity (Wildman–Crippen MR) is 105 cm³/mol. The largest absolute Gasteiger partial charge is 0.367 e. The molecule has 1 atom stereocenters. The van der Waals surface area contributed by atoms with Crippen molar-refractivity contribution < 1.29 is 18.4 Å². The minimum absolute atomic E-state index is 0.0362. The monoisotopic (exact) mass is 405 g/mol. The zero-order valence-electron chi connectivity index (χ0n) is 15.3. The van der Waals surface area contributed by atoms with E-state index in [9.17, 15) is 18.4 Å². The summed E-state index contributed by atoms with van der Waals surface area (Å²) in [5.41, 5.74) is 0.0317. The Bertz CT molecular complexity index is 859. The highest BCUT2D eigenvalue weighted by Gasteiger charge is 2.35. The highest BCUT2D eigenvalue weighted by Crippen LogP contribution is 2.30. The molecule has 1 aromatic heterocycles. The van der Waals surface area contributed by atoms with Gasteiger partial charge in [-0.15, -0.1) is 11.3 Å². The molecule has 2 aromatic rings. The average Bonchev–Trinajstić information content (AvgIpc) is 3.41. The Morgan fingerprint density at radius 2 is 1.79 bits per heavy atom. The number of benzene rings is 1. The maximum atomic E-state index is 14.5. The molecule has 1 N–H and O–H groups in total. The minimum Gasteiger partial charge on any atom is -0.367 e. The van der Waals surface area contributed by atoms with Crippen molar-refractivity contribution in [2.45, 2.75) is 31.7 Å². The third-order valence-electron chi connectivity index (χ3n) is 5.25. The molecule has 2 fully saturated rings. The number of hydrogen-bond acceptors (Lipinski definition) is 4. The maximum absolute atomic E-state index is 14.5. The van der Waals surface area contributed by atoms with Crippen molar-refractivity contribution in [1.82, 2.24) is 4.90 Å². The summed E-state index contributed by atoms with van der Waals surface area (Å²) in [6, 6.07) is 5.17. The van der Waals surface area contributed by atoms with Crippen LogP contribution in [-0.4, -0.2) is 42.4 Å². The van der Waals surface area contributed by atoms with Crippen LogP contribution < -0.4 is 10.2 Å². The van der Waals surface area contributed by atoms with E-state index in [1.807, 2.05) is 5.38 Å². The van der Waals surface area contributed by atoms with Gasteiger partial charge in [0.05, 0.1) is 4.88 Å². The number of rotatable bonds is 4. The van der Waals surface area contributed by atoms with Gasteiger partial charge >= 0.3 is 0 Å². The quantitative estimate of drug-likeness (QED) is 0.840. The molecule has 2 amide bonds. The molecule has 0 saturated carbocycles. The van der Waals surface area contributed by atoms with Crippen LogP contribution in [0.5, 0.6) is 0 Å². The standard InChI is InChI=1S/C20H21F2N3O2S/c21-14-11-13(12-15(22)18(14)24-7-1-2-8-24)23-19(26)16-5-3-9-25(16)20(27)17-6-4-10-28-17/h4,6,10-12,16H,1-3,5,7-9H2,(H,23,26)/t16-/m0/s1. The molecule has 0 bridgehead atoms. The molecule has 4 rings (SSSR count). The third-order valence-corrected chi connectivity index (χ3v) is 6.11. The summed E-state index contributed by atoms with van der Waals surface area (Å²) in [5.74, 6) is -1.98. The van der Waals surface area contributed by atoms with Gasteiger partial charge in [-0.2, -0.15) is 0 Å². The molecule has 3 heterocycles. The Labute approximate surface area is 165 Å². The van der Waals surface area contributed by atoms with E-state index < -0.39 is 23.6 Å². The van der Waals surface area contributed by atoms with Gasteiger partial charge in [0.2, 0.25) is 5.91 Å².